The highest BCUT2D eigenvalue weighted by atomic mass is 79.9. The molecule has 3 N–H and O–H groups in total. The van der Waals surface area contributed by atoms with Crippen molar-refractivity contribution in [2.75, 3.05) is 17.7 Å². The zero-order chi connectivity index (χ0) is 13.8. The molecule has 0 unspecified atom stereocenters. The van der Waals surface area contributed by atoms with Crippen LogP contribution in [-0.4, -0.2) is 11.6 Å². The number of halogens is 2. The molecule has 0 atom stereocenters. The largest absolute Gasteiger partial charge is 0.476 e. The fourth-order valence-electron chi connectivity index (χ4n) is 1.52. The summed E-state index contributed by atoms with van der Waals surface area (Å²) in [7, 11) is 0. The second-order valence-electron chi connectivity index (χ2n) is 3.75. The van der Waals surface area contributed by atoms with Crippen molar-refractivity contribution in [1.82, 2.24) is 4.98 Å². The molecule has 100 valence electrons. The molecule has 0 aliphatic rings. The van der Waals surface area contributed by atoms with E-state index in [1.54, 1.807) is 24.3 Å². The van der Waals surface area contributed by atoms with Crippen LogP contribution >= 0.6 is 15.9 Å². The van der Waals surface area contributed by atoms with E-state index in [0.29, 0.717) is 34.2 Å². The highest BCUT2D eigenvalue weighted by molar-refractivity contribution is 9.10. The number of hydrogen-bond donors (Lipinski definition) is 2. The van der Waals surface area contributed by atoms with Crippen LogP contribution in [0.2, 0.25) is 0 Å². The first-order valence-corrected chi connectivity index (χ1v) is 6.51. The SMILES string of the molecule is CCOc1nc(Nc2c(F)cccc2Br)ccc1N. The summed E-state index contributed by atoms with van der Waals surface area (Å²) in [6, 6.07) is 8.05. The third-order valence-corrected chi connectivity index (χ3v) is 3.05. The van der Waals surface area contributed by atoms with Crippen molar-refractivity contribution in [3.63, 3.8) is 0 Å². The number of para-hydroxylation sites is 1. The third-order valence-electron chi connectivity index (χ3n) is 2.39. The number of benzene rings is 1. The smallest absolute Gasteiger partial charge is 0.239 e. The first-order chi connectivity index (χ1) is 9.11. The quantitative estimate of drug-likeness (QED) is 0.899. The van der Waals surface area contributed by atoms with Gasteiger partial charge in [0.15, 0.2) is 0 Å². The molecule has 0 spiro atoms. The van der Waals surface area contributed by atoms with Gasteiger partial charge in [0.25, 0.3) is 0 Å². The lowest BCUT2D eigenvalue weighted by molar-refractivity contribution is 0.329. The topological polar surface area (TPSA) is 60.2 Å². The number of ether oxygens (including phenoxy) is 1. The second kappa shape index (κ2) is 5.88. The molecular weight excluding hydrogens is 313 g/mol. The zero-order valence-corrected chi connectivity index (χ0v) is 11.9. The average Bonchev–Trinajstić information content (AvgIpc) is 2.38. The Balaban J connectivity index is 2.31. The van der Waals surface area contributed by atoms with Crippen LogP contribution in [0.5, 0.6) is 5.88 Å². The number of rotatable bonds is 4. The van der Waals surface area contributed by atoms with Gasteiger partial charge in [-0.3, -0.25) is 0 Å². The Morgan fingerprint density at radius 1 is 1.37 bits per heavy atom. The molecule has 19 heavy (non-hydrogen) atoms. The van der Waals surface area contributed by atoms with E-state index in [9.17, 15) is 4.39 Å². The summed E-state index contributed by atoms with van der Waals surface area (Å²) in [6.07, 6.45) is 0. The van der Waals surface area contributed by atoms with Gasteiger partial charge in [-0.1, -0.05) is 6.07 Å². The van der Waals surface area contributed by atoms with E-state index < -0.39 is 0 Å². The number of anilines is 3. The van der Waals surface area contributed by atoms with Crippen molar-refractivity contribution >= 4 is 33.1 Å². The lowest BCUT2D eigenvalue weighted by Crippen LogP contribution is -2.03. The standard InChI is InChI=1S/C13H13BrFN3O/c1-2-19-13-10(16)6-7-11(18-13)17-12-8(14)4-3-5-9(12)15/h3-7H,2,16H2,1H3,(H,17,18). The number of aromatic nitrogens is 1. The van der Waals surface area contributed by atoms with Crippen LogP contribution in [0.25, 0.3) is 0 Å². The van der Waals surface area contributed by atoms with Crippen LogP contribution in [0, 0.1) is 5.82 Å². The summed E-state index contributed by atoms with van der Waals surface area (Å²) in [5.41, 5.74) is 6.50. The minimum absolute atomic E-state index is 0.321. The zero-order valence-electron chi connectivity index (χ0n) is 10.3. The molecule has 1 aromatic carbocycles. The maximum atomic E-state index is 13.7. The molecular formula is C13H13BrFN3O. The Morgan fingerprint density at radius 3 is 2.84 bits per heavy atom. The summed E-state index contributed by atoms with van der Waals surface area (Å²) in [6.45, 7) is 2.30. The third kappa shape index (κ3) is 3.14. The first-order valence-electron chi connectivity index (χ1n) is 5.72. The molecule has 6 heteroatoms. The van der Waals surface area contributed by atoms with Crippen molar-refractivity contribution in [2.24, 2.45) is 0 Å². The van der Waals surface area contributed by atoms with E-state index >= 15 is 0 Å². The van der Waals surface area contributed by atoms with E-state index in [4.69, 9.17) is 10.5 Å². The van der Waals surface area contributed by atoms with Crippen LogP contribution in [0.3, 0.4) is 0 Å². The molecule has 0 radical (unpaired) electrons. The van der Waals surface area contributed by atoms with Gasteiger partial charge in [0.1, 0.15) is 11.6 Å². The van der Waals surface area contributed by atoms with E-state index in [-0.39, 0.29) is 5.82 Å². The van der Waals surface area contributed by atoms with Crippen LogP contribution in [0.15, 0.2) is 34.8 Å². The monoisotopic (exact) mass is 325 g/mol. The van der Waals surface area contributed by atoms with Gasteiger partial charge in [0.2, 0.25) is 5.88 Å². The molecule has 2 rings (SSSR count). The Labute approximate surface area is 118 Å². The maximum absolute atomic E-state index is 13.7. The van der Waals surface area contributed by atoms with Gasteiger partial charge in [-0.2, -0.15) is 4.98 Å². The number of nitrogens with two attached hydrogens (primary N) is 1. The fourth-order valence-corrected chi connectivity index (χ4v) is 1.96. The molecule has 0 saturated carbocycles. The second-order valence-corrected chi connectivity index (χ2v) is 4.60. The first kappa shape index (κ1) is 13.6. The minimum Gasteiger partial charge on any atom is -0.476 e. The summed E-state index contributed by atoms with van der Waals surface area (Å²) in [5.74, 6) is 0.425. The van der Waals surface area contributed by atoms with E-state index in [1.165, 1.54) is 6.07 Å². The van der Waals surface area contributed by atoms with E-state index in [0.717, 1.165) is 0 Å². The molecule has 4 nitrogen and oxygen atoms in total. The van der Waals surface area contributed by atoms with Gasteiger partial charge in [0, 0.05) is 4.47 Å². The Hall–Kier alpha value is -1.82. The summed E-state index contributed by atoms with van der Waals surface area (Å²) in [4.78, 5) is 4.19. The van der Waals surface area contributed by atoms with Crippen LogP contribution < -0.4 is 15.8 Å². The van der Waals surface area contributed by atoms with Gasteiger partial charge >= 0.3 is 0 Å². The average molecular weight is 326 g/mol. The Kier molecular flexibility index (Phi) is 4.21. The predicted octanol–water partition coefficient (Wildman–Crippen LogP) is 3.71. The van der Waals surface area contributed by atoms with Crippen molar-refractivity contribution < 1.29 is 9.13 Å². The van der Waals surface area contributed by atoms with Gasteiger partial charge in [-0.15, -0.1) is 0 Å². The lowest BCUT2D eigenvalue weighted by Gasteiger charge is -2.11. The number of nitrogen functional groups attached to an aromatic ring is 1. The summed E-state index contributed by atoms with van der Waals surface area (Å²) in [5, 5.41) is 2.90. The Bertz CT molecular complexity index is 572. The number of hydrogen-bond acceptors (Lipinski definition) is 4. The van der Waals surface area contributed by atoms with Gasteiger partial charge in [0.05, 0.1) is 18.0 Å². The lowest BCUT2D eigenvalue weighted by atomic mass is 10.3. The highest BCUT2D eigenvalue weighted by Crippen LogP contribution is 2.29. The van der Waals surface area contributed by atoms with Crippen LogP contribution in [0.4, 0.5) is 21.6 Å². The van der Waals surface area contributed by atoms with Crippen molar-refractivity contribution in [2.45, 2.75) is 6.92 Å². The molecule has 0 fully saturated rings. The minimum atomic E-state index is -0.369. The molecule has 0 amide bonds. The fraction of sp³-hybridized carbons (Fsp3) is 0.154. The predicted molar refractivity (Wildman–Crippen MR) is 77.2 cm³/mol. The number of nitrogens with one attached hydrogen (secondary N) is 1. The Morgan fingerprint density at radius 2 is 2.16 bits per heavy atom. The van der Waals surface area contributed by atoms with E-state index in [2.05, 4.69) is 26.2 Å². The highest BCUT2D eigenvalue weighted by Gasteiger charge is 2.09. The number of pyridine rings is 1. The van der Waals surface area contributed by atoms with E-state index in [1.807, 2.05) is 6.92 Å². The van der Waals surface area contributed by atoms with Gasteiger partial charge < -0.3 is 15.8 Å². The number of nitrogens with zero attached hydrogens (tertiary/aromatic N) is 1. The normalized spacial score (nSPS) is 10.3. The van der Waals surface area contributed by atoms with Crippen molar-refractivity contribution in [3.05, 3.63) is 40.6 Å². The molecule has 2 aromatic rings. The molecule has 1 aromatic heterocycles. The van der Waals surface area contributed by atoms with Crippen LogP contribution in [0.1, 0.15) is 6.92 Å². The summed E-state index contributed by atoms with van der Waals surface area (Å²) < 4.78 is 19.6. The molecule has 0 saturated heterocycles. The summed E-state index contributed by atoms with van der Waals surface area (Å²) >= 11 is 3.28. The maximum Gasteiger partial charge on any atom is 0.239 e. The van der Waals surface area contributed by atoms with Gasteiger partial charge in [-0.25, -0.2) is 4.39 Å². The molecule has 1 heterocycles. The molecule has 0 bridgehead atoms. The van der Waals surface area contributed by atoms with Crippen LogP contribution in [-0.2, 0) is 0 Å². The molecule has 0 aliphatic carbocycles. The van der Waals surface area contributed by atoms with Gasteiger partial charge in [-0.05, 0) is 47.1 Å². The van der Waals surface area contributed by atoms with Crippen molar-refractivity contribution in [3.8, 4) is 5.88 Å². The van der Waals surface area contributed by atoms with Crippen molar-refractivity contribution in [1.29, 1.82) is 0 Å². The molecule has 0 aliphatic heterocycles.